The van der Waals surface area contributed by atoms with Crippen LogP contribution in [0.4, 0.5) is 17.6 Å². The highest BCUT2D eigenvalue weighted by Crippen LogP contribution is 2.35. The average molecular weight is 196 g/mol. The van der Waals surface area contributed by atoms with E-state index in [1.807, 2.05) is 0 Å². The lowest BCUT2D eigenvalue weighted by atomic mass is 10.4. The van der Waals surface area contributed by atoms with Crippen molar-refractivity contribution in [2.75, 3.05) is 0 Å². The summed E-state index contributed by atoms with van der Waals surface area (Å²) < 4.78 is 47.9. The third kappa shape index (κ3) is 1.53. The molecule has 0 aliphatic rings. The fourth-order valence-corrected chi connectivity index (χ4v) is 1.17. The van der Waals surface area contributed by atoms with Crippen LogP contribution in [-0.4, -0.2) is 4.98 Å². The van der Waals surface area contributed by atoms with Gasteiger partial charge in [-0.25, -0.2) is 0 Å². The Hall–Kier alpha value is -1.16. The minimum atomic E-state index is -4.70. The number of rotatable bonds is 0. The molecule has 0 bridgehead atoms. The monoisotopic (exact) mass is 196 g/mol. The summed E-state index contributed by atoms with van der Waals surface area (Å²) in [4.78, 5) is 1.48. The van der Waals surface area contributed by atoms with Crippen molar-refractivity contribution < 1.29 is 17.6 Å². The molecule has 0 N–H and O–H groups in total. The predicted octanol–water partition coefficient (Wildman–Crippen LogP) is 2.17. The van der Waals surface area contributed by atoms with Crippen LogP contribution in [0, 0.1) is 16.6 Å². The zero-order valence-electron chi connectivity index (χ0n) is 5.31. The van der Waals surface area contributed by atoms with E-state index in [2.05, 4.69) is 4.98 Å². The quantitative estimate of drug-likeness (QED) is 0.596. The van der Waals surface area contributed by atoms with Crippen molar-refractivity contribution in [2.24, 2.45) is 0 Å². The summed E-state index contributed by atoms with van der Waals surface area (Å²) in [5, 5.41) is 6.87. The molecule has 0 atom stereocenters. The molecular formula is C5F4N2S. The number of hydrogen-bond donors (Lipinski definition) is 0. The molecule has 1 aromatic rings. The molecule has 0 aliphatic heterocycles. The van der Waals surface area contributed by atoms with Gasteiger partial charge in [-0.15, -0.1) is 0 Å². The molecule has 1 rings (SSSR count). The van der Waals surface area contributed by atoms with Gasteiger partial charge >= 0.3 is 6.18 Å². The van der Waals surface area contributed by atoms with Crippen molar-refractivity contribution in [2.45, 2.75) is 6.18 Å². The van der Waals surface area contributed by atoms with Crippen LogP contribution in [0.3, 0.4) is 0 Å². The van der Waals surface area contributed by atoms with E-state index in [0.717, 1.165) is 6.07 Å². The van der Waals surface area contributed by atoms with Crippen LogP contribution in [0.15, 0.2) is 0 Å². The van der Waals surface area contributed by atoms with Crippen molar-refractivity contribution in [3.63, 3.8) is 0 Å². The van der Waals surface area contributed by atoms with Crippen LogP contribution < -0.4 is 0 Å². The molecule has 0 fully saturated rings. The second kappa shape index (κ2) is 2.71. The second-order valence-electron chi connectivity index (χ2n) is 1.75. The number of halogens is 4. The number of hydrogen-bond acceptors (Lipinski definition) is 3. The largest absolute Gasteiger partial charge is 0.428 e. The first-order chi connectivity index (χ1) is 5.45. The van der Waals surface area contributed by atoms with E-state index in [4.69, 9.17) is 5.26 Å². The summed E-state index contributed by atoms with van der Waals surface area (Å²) in [6.07, 6.45) is -4.70. The molecule has 2 nitrogen and oxygen atoms in total. The first kappa shape index (κ1) is 8.93. The van der Waals surface area contributed by atoms with Crippen molar-refractivity contribution in [3.8, 4) is 6.07 Å². The highest BCUT2D eigenvalue weighted by molar-refractivity contribution is 7.10. The number of nitrogens with zero attached hydrogens (tertiary/aromatic N) is 2. The van der Waals surface area contributed by atoms with E-state index in [9.17, 15) is 17.6 Å². The van der Waals surface area contributed by atoms with Crippen LogP contribution in [0.2, 0.25) is 0 Å². The van der Waals surface area contributed by atoms with Crippen molar-refractivity contribution in [3.05, 3.63) is 15.8 Å². The van der Waals surface area contributed by atoms with Gasteiger partial charge < -0.3 is 0 Å². The third-order valence-electron chi connectivity index (χ3n) is 0.964. The van der Waals surface area contributed by atoms with E-state index in [1.165, 1.54) is 0 Å². The minimum absolute atomic E-state index is 0.179. The molecule has 0 aromatic carbocycles. The van der Waals surface area contributed by atoms with E-state index in [-0.39, 0.29) is 11.3 Å². The molecule has 64 valence electrons. The summed E-state index contributed by atoms with van der Waals surface area (Å²) in [5.41, 5.74) is -0.912. The summed E-state index contributed by atoms with van der Waals surface area (Å²) in [6.45, 7) is 0. The lowest BCUT2D eigenvalue weighted by Crippen LogP contribution is -2.04. The van der Waals surface area contributed by atoms with Gasteiger partial charge in [-0.1, -0.05) is 11.3 Å². The molecule has 0 saturated heterocycles. The van der Waals surface area contributed by atoms with E-state index < -0.39 is 22.0 Å². The Kier molecular flexibility index (Phi) is 2.02. The highest BCUT2D eigenvalue weighted by atomic mass is 32.1. The highest BCUT2D eigenvalue weighted by Gasteiger charge is 2.37. The fourth-order valence-electron chi connectivity index (χ4n) is 0.562. The maximum Gasteiger partial charge on any atom is 0.428 e. The van der Waals surface area contributed by atoms with Crippen LogP contribution >= 0.6 is 11.3 Å². The van der Waals surface area contributed by atoms with Gasteiger partial charge in [0.1, 0.15) is 10.9 Å². The van der Waals surface area contributed by atoms with E-state index in [0.29, 0.717) is 0 Å². The van der Waals surface area contributed by atoms with Crippen LogP contribution in [0.5, 0.6) is 0 Å². The molecule has 0 spiro atoms. The molecule has 0 radical (unpaired) electrons. The maximum atomic E-state index is 12.2. The van der Waals surface area contributed by atoms with Gasteiger partial charge in [0.05, 0.1) is 0 Å². The smallest absolute Gasteiger partial charge is 0.198 e. The van der Waals surface area contributed by atoms with Gasteiger partial charge in [-0.3, -0.25) is 0 Å². The Balaban J connectivity index is 3.25. The molecule has 12 heavy (non-hydrogen) atoms. The number of thiazole rings is 1. The van der Waals surface area contributed by atoms with Crippen molar-refractivity contribution in [1.29, 1.82) is 5.26 Å². The number of alkyl halides is 3. The molecule has 7 heteroatoms. The standard InChI is InChI=1S/C5F4N2S/c6-4-11-2(1-10)3(12-4)5(7,8)9. The van der Waals surface area contributed by atoms with Gasteiger partial charge in [-0.05, 0) is 0 Å². The topological polar surface area (TPSA) is 36.7 Å². The molecule has 0 saturated carbocycles. The van der Waals surface area contributed by atoms with Crippen molar-refractivity contribution >= 4 is 11.3 Å². The lowest BCUT2D eigenvalue weighted by molar-refractivity contribution is -0.134. The maximum absolute atomic E-state index is 12.2. The number of aromatic nitrogens is 1. The molecule has 1 heterocycles. The van der Waals surface area contributed by atoms with Gasteiger partial charge in [0.25, 0.3) is 5.26 Å². The Morgan fingerprint density at radius 3 is 2.33 bits per heavy atom. The first-order valence-electron chi connectivity index (χ1n) is 2.58. The molecule has 0 aliphatic carbocycles. The second-order valence-corrected chi connectivity index (χ2v) is 2.70. The zero-order chi connectivity index (χ0) is 9.35. The normalized spacial score (nSPS) is 11.2. The Morgan fingerprint density at radius 2 is 2.00 bits per heavy atom. The van der Waals surface area contributed by atoms with E-state index >= 15 is 0 Å². The van der Waals surface area contributed by atoms with Crippen molar-refractivity contribution in [1.82, 2.24) is 4.98 Å². The molecule has 1 aromatic heterocycles. The zero-order valence-corrected chi connectivity index (χ0v) is 6.13. The average Bonchev–Trinajstić information content (AvgIpc) is 2.29. The molecule has 0 unspecified atom stereocenters. The summed E-state index contributed by atoms with van der Waals surface area (Å²) in [6, 6.07) is 1.16. The van der Waals surface area contributed by atoms with Gasteiger partial charge in [-0.2, -0.15) is 27.8 Å². The summed E-state index contributed by atoms with van der Waals surface area (Å²) in [7, 11) is 0. The Labute approximate surface area is 68.1 Å². The number of nitriles is 1. The predicted molar refractivity (Wildman–Crippen MR) is 31.8 cm³/mol. The van der Waals surface area contributed by atoms with Gasteiger partial charge in [0, 0.05) is 0 Å². The lowest BCUT2D eigenvalue weighted by Gasteiger charge is -2.00. The van der Waals surface area contributed by atoms with Crippen LogP contribution in [0.1, 0.15) is 10.6 Å². The summed E-state index contributed by atoms with van der Waals surface area (Å²) >= 11 is -0.179. The van der Waals surface area contributed by atoms with Crippen LogP contribution in [0.25, 0.3) is 0 Å². The van der Waals surface area contributed by atoms with Gasteiger partial charge in [0.15, 0.2) is 5.69 Å². The Morgan fingerprint density at radius 1 is 1.42 bits per heavy atom. The summed E-state index contributed by atoms with van der Waals surface area (Å²) in [5.74, 6) is 0. The molecular weight excluding hydrogens is 196 g/mol. The SMILES string of the molecule is N#Cc1nc(F)sc1C(F)(F)F. The Bertz CT molecular complexity index is 334. The van der Waals surface area contributed by atoms with Gasteiger partial charge in [0.2, 0.25) is 0 Å². The minimum Gasteiger partial charge on any atom is -0.198 e. The first-order valence-corrected chi connectivity index (χ1v) is 3.40. The fraction of sp³-hybridized carbons (Fsp3) is 0.200. The van der Waals surface area contributed by atoms with E-state index in [1.54, 1.807) is 0 Å². The third-order valence-corrected chi connectivity index (χ3v) is 1.85. The molecule has 0 amide bonds. The van der Waals surface area contributed by atoms with Crippen LogP contribution in [-0.2, 0) is 6.18 Å².